The van der Waals surface area contributed by atoms with Gasteiger partial charge >= 0.3 is 0 Å². The summed E-state index contributed by atoms with van der Waals surface area (Å²) in [6.45, 7) is 0.0807. The topological polar surface area (TPSA) is 68.3 Å². The van der Waals surface area contributed by atoms with E-state index in [1.165, 1.54) is 0 Å². The quantitative estimate of drug-likeness (QED) is 0.650. The second-order valence-electron chi connectivity index (χ2n) is 3.84. The summed E-state index contributed by atoms with van der Waals surface area (Å²) in [6.07, 6.45) is 0. The third-order valence-corrected chi connectivity index (χ3v) is 2.52. The molecular weight excluding hydrogens is 299 g/mol. The van der Waals surface area contributed by atoms with Crippen LogP contribution < -0.4 is 15.2 Å². The standard InChI is InChI=1S/C14H13ClN2O2.ClH/c15-10-1-3-12(4-2-10)19-13-7-5-11(6-8-13)18-9-14(16)17;/h1-8H,9H2,(H3,16,17);1H. The van der Waals surface area contributed by atoms with E-state index in [4.69, 9.17) is 32.2 Å². The second-order valence-corrected chi connectivity index (χ2v) is 4.28. The summed E-state index contributed by atoms with van der Waals surface area (Å²) < 4.78 is 10.9. The van der Waals surface area contributed by atoms with Crippen molar-refractivity contribution in [2.75, 3.05) is 6.61 Å². The van der Waals surface area contributed by atoms with Crippen LogP contribution in [0, 0.1) is 5.41 Å². The maximum Gasteiger partial charge on any atom is 0.145 e. The highest BCUT2D eigenvalue weighted by atomic mass is 35.5. The van der Waals surface area contributed by atoms with Gasteiger partial charge in [0.2, 0.25) is 0 Å². The number of benzene rings is 2. The van der Waals surface area contributed by atoms with Crippen molar-refractivity contribution in [2.24, 2.45) is 5.73 Å². The molecule has 0 saturated carbocycles. The van der Waals surface area contributed by atoms with Crippen molar-refractivity contribution in [3.8, 4) is 17.2 Å². The van der Waals surface area contributed by atoms with Gasteiger partial charge in [-0.25, -0.2) is 0 Å². The molecule has 0 atom stereocenters. The van der Waals surface area contributed by atoms with Crippen LogP contribution in [0.25, 0.3) is 0 Å². The van der Waals surface area contributed by atoms with Crippen molar-refractivity contribution in [2.45, 2.75) is 0 Å². The van der Waals surface area contributed by atoms with Crippen LogP contribution in [0.3, 0.4) is 0 Å². The molecule has 0 aliphatic carbocycles. The zero-order valence-electron chi connectivity index (χ0n) is 10.5. The molecule has 0 aromatic heterocycles. The van der Waals surface area contributed by atoms with Gasteiger partial charge in [0.15, 0.2) is 0 Å². The highest BCUT2D eigenvalue weighted by Gasteiger charge is 1.99. The lowest BCUT2D eigenvalue weighted by Gasteiger charge is -2.08. The zero-order chi connectivity index (χ0) is 13.7. The van der Waals surface area contributed by atoms with Crippen LogP contribution in [0.5, 0.6) is 17.2 Å². The first-order valence-corrected chi connectivity index (χ1v) is 6.00. The van der Waals surface area contributed by atoms with E-state index < -0.39 is 0 Å². The molecule has 2 aromatic carbocycles. The lowest BCUT2D eigenvalue weighted by atomic mass is 10.3. The molecule has 0 amide bonds. The Kier molecular flexibility index (Phi) is 6.15. The first-order valence-electron chi connectivity index (χ1n) is 5.62. The van der Waals surface area contributed by atoms with Crippen LogP contribution in [-0.4, -0.2) is 12.4 Å². The van der Waals surface area contributed by atoms with Gasteiger partial charge in [0.1, 0.15) is 29.7 Å². The molecule has 0 heterocycles. The van der Waals surface area contributed by atoms with E-state index in [2.05, 4.69) is 0 Å². The Labute approximate surface area is 128 Å². The third-order valence-electron chi connectivity index (χ3n) is 2.27. The van der Waals surface area contributed by atoms with Crippen molar-refractivity contribution in [1.82, 2.24) is 0 Å². The minimum absolute atomic E-state index is 0. The van der Waals surface area contributed by atoms with Gasteiger partial charge in [0.05, 0.1) is 0 Å². The fourth-order valence-corrected chi connectivity index (χ4v) is 1.53. The van der Waals surface area contributed by atoms with Gasteiger partial charge in [-0.05, 0) is 48.5 Å². The van der Waals surface area contributed by atoms with Gasteiger partial charge in [0.25, 0.3) is 0 Å². The van der Waals surface area contributed by atoms with Gasteiger partial charge in [-0.2, -0.15) is 0 Å². The largest absolute Gasteiger partial charge is 0.486 e. The number of hydrogen-bond acceptors (Lipinski definition) is 3. The Morgan fingerprint density at radius 3 is 1.90 bits per heavy atom. The monoisotopic (exact) mass is 312 g/mol. The molecule has 0 radical (unpaired) electrons. The number of amidine groups is 1. The normalized spacial score (nSPS) is 9.45. The molecule has 0 saturated heterocycles. The summed E-state index contributed by atoms with van der Waals surface area (Å²) in [5.41, 5.74) is 5.21. The SMILES string of the molecule is Cl.N=C(N)COc1ccc(Oc2ccc(Cl)cc2)cc1. The maximum atomic E-state index is 7.07. The average molecular weight is 313 g/mol. The molecule has 20 heavy (non-hydrogen) atoms. The van der Waals surface area contributed by atoms with E-state index in [1.54, 1.807) is 48.5 Å². The average Bonchev–Trinajstić information content (AvgIpc) is 2.40. The smallest absolute Gasteiger partial charge is 0.145 e. The van der Waals surface area contributed by atoms with Crippen LogP contribution in [0.2, 0.25) is 5.02 Å². The summed E-state index contributed by atoms with van der Waals surface area (Å²) in [7, 11) is 0. The van der Waals surface area contributed by atoms with Gasteiger partial charge in [-0.15, -0.1) is 12.4 Å². The molecule has 0 unspecified atom stereocenters. The molecule has 0 aliphatic heterocycles. The van der Waals surface area contributed by atoms with Gasteiger partial charge in [-0.3, -0.25) is 5.41 Å². The minimum Gasteiger partial charge on any atom is -0.486 e. The zero-order valence-corrected chi connectivity index (χ0v) is 12.1. The predicted molar refractivity (Wildman–Crippen MR) is 82.6 cm³/mol. The van der Waals surface area contributed by atoms with E-state index in [0.717, 1.165) is 0 Å². The highest BCUT2D eigenvalue weighted by Crippen LogP contribution is 2.24. The third kappa shape index (κ3) is 4.99. The van der Waals surface area contributed by atoms with Crippen LogP contribution >= 0.6 is 24.0 Å². The first-order chi connectivity index (χ1) is 9.13. The van der Waals surface area contributed by atoms with Crippen LogP contribution in [0.4, 0.5) is 0 Å². The number of rotatable bonds is 5. The van der Waals surface area contributed by atoms with Crippen LogP contribution in [-0.2, 0) is 0 Å². The first kappa shape index (κ1) is 16.1. The second kappa shape index (κ2) is 7.62. The summed E-state index contributed by atoms with van der Waals surface area (Å²) in [5.74, 6) is 2.03. The van der Waals surface area contributed by atoms with Crippen molar-refractivity contribution in [3.05, 3.63) is 53.6 Å². The molecule has 0 fully saturated rings. The molecule has 0 aliphatic rings. The number of nitrogens with two attached hydrogens (primary N) is 1. The molecule has 2 rings (SSSR count). The van der Waals surface area contributed by atoms with Crippen molar-refractivity contribution >= 4 is 29.8 Å². The summed E-state index contributed by atoms with van der Waals surface area (Å²) >= 11 is 5.80. The van der Waals surface area contributed by atoms with E-state index >= 15 is 0 Å². The number of hydrogen-bond donors (Lipinski definition) is 2. The van der Waals surface area contributed by atoms with Crippen molar-refractivity contribution < 1.29 is 9.47 Å². The lowest BCUT2D eigenvalue weighted by Crippen LogP contribution is -2.19. The summed E-state index contributed by atoms with van der Waals surface area (Å²) in [5, 5.41) is 7.74. The molecule has 6 heteroatoms. The Bertz CT molecular complexity index is 556. The van der Waals surface area contributed by atoms with Gasteiger partial charge in [0, 0.05) is 5.02 Å². The lowest BCUT2D eigenvalue weighted by molar-refractivity contribution is 0.373. The van der Waals surface area contributed by atoms with E-state index in [1.807, 2.05) is 0 Å². The maximum absolute atomic E-state index is 7.07. The number of ether oxygens (including phenoxy) is 2. The van der Waals surface area contributed by atoms with E-state index in [9.17, 15) is 0 Å². The fraction of sp³-hybridized carbons (Fsp3) is 0.0714. The van der Waals surface area contributed by atoms with Gasteiger partial charge < -0.3 is 15.2 Å². The fourth-order valence-electron chi connectivity index (χ4n) is 1.40. The summed E-state index contributed by atoms with van der Waals surface area (Å²) in [4.78, 5) is 0. The van der Waals surface area contributed by atoms with Crippen molar-refractivity contribution in [1.29, 1.82) is 5.41 Å². The minimum atomic E-state index is -0.0125. The Morgan fingerprint density at radius 1 is 0.950 bits per heavy atom. The van der Waals surface area contributed by atoms with Gasteiger partial charge in [-0.1, -0.05) is 11.6 Å². The Hall–Kier alpha value is -1.91. The molecule has 3 N–H and O–H groups in total. The van der Waals surface area contributed by atoms with E-state index in [0.29, 0.717) is 22.3 Å². The molecule has 0 spiro atoms. The highest BCUT2D eigenvalue weighted by molar-refractivity contribution is 6.30. The van der Waals surface area contributed by atoms with Crippen molar-refractivity contribution in [3.63, 3.8) is 0 Å². The number of halogens is 2. The molecular formula is C14H14Cl2N2O2. The Balaban J connectivity index is 0.00000200. The molecule has 2 aromatic rings. The predicted octanol–water partition coefficient (Wildman–Crippen LogP) is 3.87. The van der Waals surface area contributed by atoms with Crippen LogP contribution in [0.1, 0.15) is 0 Å². The Morgan fingerprint density at radius 2 is 1.40 bits per heavy atom. The molecule has 106 valence electrons. The number of nitrogens with one attached hydrogen (secondary N) is 1. The summed E-state index contributed by atoms with van der Waals surface area (Å²) in [6, 6.07) is 14.2. The van der Waals surface area contributed by atoms with E-state index in [-0.39, 0.29) is 24.8 Å². The molecule has 4 nitrogen and oxygen atoms in total. The van der Waals surface area contributed by atoms with Crippen LogP contribution in [0.15, 0.2) is 48.5 Å². The molecule has 0 bridgehead atoms.